The molecule has 5 rings (SSSR count). The van der Waals surface area contributed by atoms with E-state index in [0.29, 0.717) is 22.4 Å². The predicted molar refractivity (Wildman–Crippen MR) is 119 cm³/mol. The van der Waals surface area contributed by atoms with E-state index < -0.39 is 0 Å². The number of hydrogen-bond acceptors (Lipinski definition) is 8. The van der Waals surface area contributed by atoms with E-state index >= 15 is 0 Å². The van der Waals surface area contributed by atoms with Gasteiger partial charge in [-0.25, -0.2) is 4.98 Å². The van der Waals surface area contributed by atoms with Gasteiger partial charge in [0.15, 0.2) is 5.58 Å². The zero-order chi connectivity index (χ0) is 22.2. The fourth-order valence-corrected chi connectivity index (χ4v) is 4.69. The highest BCUT2D eigenvalue weighted by Crippen LogP contribution is 2.43. The third-order valence-corrected chi connectivity index (χ3v) is 6.27. The van der Waals surface area contributed by atoms with E-state index in [0.717, 1.165) is 39.2 Å². The van der Waals surface area contributed by atoms with E-state index in [9.17, 15) is 5.26 Å². The monoisotopic (exact) mass is 445 g/mol. The van der Waals surface area contributed by atoms with Crippen LogP contribution in [-0.4, -0.2) is 22.3 Å². The van der Waals surface area contributed by atoms with Crippen LogP contribution in [0.1, 0.15) is 28.3 Å². The molecule has 1 atom stereocenters. The van der Waals surface area contributed by atoms with Crippen molar-refractivity contribution in [2.24, 2.45) is 5.73 Å². The van der Waals surface area contributed by atoms with Gasteiger partial charge in [0.25, 0.3) is 5.22 Å². The summed E-state index contributed by atoms with van der Waals surface area (Å²) in [7, 11) is 1.63. The average molecular weight is 446 g/mol. The highest BCUT2D eigenvalue weighted by molar-refractivity contribution is 7.98. The summed E-state index contributed by atoms with van der Waals surface area (Å²) in [5.41, 5.74) is 11.4. The number of para-hydroxylation sites is 2. The summed E-state index contributed by atoms with van der Waals surface area (Å²) in [6.07, 6.45) is 0. The third-order valence-electron chi connectivity index (χ3n) is 5.39. The number of aryl methyl sites for hydroxylation is 1. The van der Waals surface area contributed by atoms with Crippen molar-refractivity contribution in [2.75, 3.05) is 7.11 Å². The highest BCUT2D eigenvalue weighted by atomic mass is 32.2. The summed E-state index contributed by atoms with van der Waals surface area (Å²) in [5.74, 6) is 1.38. The van der Waals surface area contributed by atoms with Gasteiger partial charge in [0, 0.05) is 22.6 Å². The molecule has 0 radical (unpaired) electrons. The summed E-state index contributed by atoms with van der Waals surface area (Å²) < 4.78 is 17.0. The van der Waals surface area contributed by atoms with Crippen LogP contribution in [0.5, 0.6) is 11.6 Å². The summed E-state index contributed by atoms with van der Waals surface area (Å²) in [6, 6.07) is 15.7. The normalized spacial score (nSPS) is 15.3. The average Bonchev–Trinajstić information content (AvgIpc) is 3.39. The molecule has 4 aromatic rings. The van der Waals surface area contributed by atoms with Crippen LogP contribution in [0, 0.1) is 18.3 Å². The fourth-order valence-electron chi connectivity index (χ4n) is 3.88. The van der Waals surface area contributed by atoms with Gasteiger partial charge in [-0.2, -0.15) is 5.26 Å². The lowest BCUT2D eigenvalue weighted by atomic mass is 9.83. The second-order valence-corrected chi connectivity index (χ2v) is 8.23. The minimum atomic E-state index is -0.388. The first kappa shape index (κ1) is 20.0. The number of nitriles is 1. The van der Waals surface area contributed by atoms with Crippen molar-refractivity contribution >= 4 is 22.9 Å². The number of thioether (sulfide) groups is 1. The van der Waals surface area contributed by atoms with Gasteiger partial charge in [-0.1, -0.05) is 36.0 Å². The Hall–Kier alpha value is -3.90. The molecule has 0 saturated heterocycles. The van der Waals surface area contributed by atoms with Gasteiger partial charge in [-0.05, 0) is 30.7 Å². The number of nitrogens with one attached hydrogen (secondary N) is 1. The number of aromatic amines is 1. The second kappa shape index (κ2) is 7.98. The third kappa shape index (κ3) is 3.35. The molecule has 0 bridgehead atoms. The Morgan fingerprint density at radius 3 is 2.91 bits per heavy atom. The molecule has 2 aromatic heterocycles. The van der Waals surface area contributed by atoms with Gasteiger partial charge in [0.2, 0.25) is 11.8 Å². The van der Waals surface area contributed by atoms with E-state index in [-0.39, 0.29) is 11.8 Å². The number of benzene rings is 2. The quantitative estimate of drug-likeness (QED) is 0.434. The van der Waals surface area contributed by atoms with E-state index in [2.05, 4.69) is 21.3 Å². The van der Waals surface area contributed by atoms with E-state index in [1.165, 1.54) is 11.8 Å². The Labute approximate surface area is 188 Å². The number of hydrogen-bond donors (Lipinski definition) is 2. The van der Waals surface area contributed by atoms with Crippen molar-refractivity contribution in [1.29, 1.82) is 5.26 Å². The van der Waals surface area contributed by atoms with Crippen molar-refractivity contribution < 1.29 is 13.9 Å². The number of ether oxygens (including phenoxy) is 2. The number of H-pyrrole nitrogens is 1. The van der Waals surface area contributed by atoms with Gasteiger partial charge in [0.1, 0.15) is 22.9 Å². The molecule has 3 N–H and O–H groups in total. The molecule has 0 amide bonds. The van der Waals surface area contributed by atoms with Crippen molar-refractivity contribution in [3.63, 3.8) is 0 Å². The smallest absolute Gasteiger partial charge is 0.257 e. The number of rotatable bonds is 5. The number of fused-ring (bicyclic) bond motifs is 2. The maximum absolute atomic E-state index is 9.79. The van der Waals surface area contributed by atoms with Crippen LogP contribution in [0.3, 0.4) is 0 Å². The predicted octanol–water partition coefficient (Wildman–Crippen LogP) is 4.38. The number of aromatic nitrogens is 3. The number of nitrogens with two attached hydrogens (primary N) is 1. The van der Waals surface area contributed by atoms with E-state index in [4.69, 9.17) is 19.6 Å². The lowest BCUT2D eigenvalue weighted by Crippen LogP contribution is -2.21. The van der Waals surface area contributed by atoms with Gasteiger partial charge in [-0.15, -0.1) is 5.10 Å². The van der Waals surface area contributed by atoms with Gasteiger partial charge < -0.3 is 19.6 Å². The van der Waals surface area contributed by atoms with Gasteiger partial charge in [0.05, 0.1) is 13.0 Å². The standard InChI is InChI=1S/C23H19N5O3S/c1-12-19-20(15(10-24)21(25)31-22(19)28-27-12)13-7-8-17(29-2)14(9-13)11-32-23-26-16-5-3-4-6-18(16)30-23/h3-9,20H,11,25H2,1-2H3,(H,27,28). The molecule has 32 heavy (non-hydrogen) atoms. The summed E-state index contributed by atoms with van der Waals surface area (Å²) in [4.78, 5) is 4.52. The first-order valence-electron chi connectivity index (χ1n) is 9.86. The molecule has 0 fully saturated rings. The summed E-state index contributed by atoms with van der Waals surface area (Å²) in [5, 5.41) is 17.5. The van der Waals surface area contributed by atoms with E-state index in [1.807, 2.05) is 49.4 Å². The van der Waals surface area contributed by atoms with Crippen LogP contribution in [0.2, 0.25) is 0 Å². The molecular weight excluding hydrogens is 426 g/mol. The highest BCUT2D eigenvalue weighted by Gasteiger charge is 2.34. The molecule has 1 unspecified atom stereocenters. The molecule has 0 saturated carbocycles. The van der Waals surface area contributed by atoms with Crippen molar-refractivity contribution in [2.45, 2.75) is 23.8 Å². The molecule has 160 valence electrons. The van der Waals surface area contributed by atoms with E-state index in [1.54, 1.807) is 7.11 Å². The Morgan fingerprint density at radius 2 is 2.12 bits per heavy atom. The minimum absolute atomic E-state index is 0.0646. The first-order valence-corrected chi connectivity index (χ1v) is 10.8. The molecule has 9 heteroatoms. The largest absolute Gasteiger partial charge is 0.496 e. The SMILES string of the molecule is COc1ccc(C2C(C#N)=C(N)Oc3n[nH]c(C)c32)cc1CSc1nc2ccccc2o1. The number of oxazole rings is 1. The van der Waals surface area contributed by atoms with Crippen LogP contribution in [0.25, 0.3) is 11.1 Å². The van der Waals surface area contributed by atoms with Crippen LogP contribution in [-0.2, 0) is 5.75 Å². The van der Waals surface area contributed by atoms with Crippen LogP contribution in [0.4, 0.5) is 0 Å². The van der Waals surface area contributed by atoms with Crippen LogP contribution in [0.15, 0.2) is 63.6 Å². The Balaban J connectivity index is 1.51. The Bertz CT molecular complexity index is 1370. The maximum atomic E-state index is 9.79. The molecule has 0 aliphatic carbocycles. The number of methoxy groups -OCH3 is 1. The molecule has 1 aliphatic heterocycles. The van der Waals surface area contributed by atoms with Gasteiger partial charge in [-0.3, -0.25) is 5.10 Å². The summed E-state index contributed by atoms with van der Waals surface area (Å²) >= 11 is 1.48. The first-order chi connectivity index (χ1) is 15.6. The van der Waals surface area contributed by atoms with Crippen molar-refractivity contribution in [3.8, 4) is 17.7 Å². The van der Waals surface area contributed by atoms with Crippen molar-refractivity contribution in [3.05, 3.63) is 76.3 Å². The Kier molecular flexibility index (Phi) is 4.99. The molecule has 3 heterocycles. The molecular formula is C23H19N5O3S. The topological polar surface area (TPSA) is 123 Å². The minimum Gasteiger partial charge on any atom is -0.496 e. The van der Waals surface area contributed by atoms with Crippen LogP contribution >= 0.6 is 11.8 Å². The second-order valence-electron chi connectivity index (χ2n) is 7.30. The number of nitrogens with zero attached hydrogens (tertiary/aromatic N) is 3. The lowest BCUT2D eigenvalue weighted by Gasteiger charge is -2.24. The van der Waals surface area contributed by atoms with Crippen molar-refractivity contribution in [1.82, 2.24) is 15.2 Å². The zero-order valence-corrected chi connectivity index (χ0v) is 18.2. The Morgan fingerprint density at radius 1 is 1.28 bits per heavy atom. The zero-order valence-electron chi connectivity index (χ0n) is 17.4. The maximum Gasteiger partial charge on any atom is 0.257 e. The lowest BCUT2D eigenvalue weighted by molar-refractivity contribution is 0.378. The number of allylic oxidation sites excluding steroid dienone is 1. The molecule has 0 spiro atoms. The van der Waals surface area contributed by atoms with Crippen LogP contribution < -0.4 is 15.2 Å². The fraction of sp³-hybridized carbons (Fsp3) is 0.174. The van der Waals surface area contributed by atoms with Gasteiger partial charge >= 0.3 is 0 Å². The molecule has 2 aromatic carbocycles. The molecule has 1 aliphatic rings. The summed E-state index contributed by atoms with van der Waals surface area (Å²) in [6.45, 7) is 1.90. The molecule has 8 nitrogen and oxygen atoms in total.